The lowest BCUT2D eigenvalue weighted by Crippen LogP contribution is -2.46. The Bertz CT molecular complexity index is 938. The van der Waals surface area contributed by atoms with Gasteiger partial charge < -0.3 is 20.7 Å². The van der Waals surface area contributed by atoms with E-state index in [1.807, 2.05) is 0 Å². The van der Waals surface area contributed by atoms with E-state index in [4.69, 9.17) is 10.5 Å². The summed E-state index contributed by atoms with van der Waals surface area (Å²) >= 11 is 0.928. The van der Waals surface area contributed by atoms with Crippen molar-refractivity contribution in [1.29, 1.82) is 0 Å². The molecule has 1 aromatic carbocycles. The van der Waals surface area contributed by atoms with Crippen LogP contribution in [0.25, 0.3) is 0 Å². The molecule has 1 unspecified atom stereocenters. The number of thiazole rings is 1. The molecule has 1 saturated heterocycles. The van der Waals surface area contributed by atoms with Gasteiger partial charge in [-0.2, -0.15) is 0 Å². The van der Waals surface area contributed by atoms with Crippen LogP contribution in [0.15, 0.2) is 18.2 Å². The van der Waals surface area contributed by atoms with Gasteiger partial charge in [0.2, 0.25) is 5.78 Å². The van der Waals surface area contributed by atoms with E-state index in [0.717, 1.165) is 36.3 Å². The number of hydrogen-bond acceptors (Lipinski definition) is 7. The molecule has 1 atom stereocenters. The molecule has 1 aliphatic heterocycles. The van der Waals surface area contributed by atoms with Crippen molar-refractivity contribution in [1.82, 2.24) is 9.88 Å². The Balaban J connectivity index is 1.71. The molecule has 2 aromatic rings. The van der Waals surface area contributed by atoms with Gasteiger partial charge >= 0.3 is 6.09 Å². The second-order valence-corrected chi connectivity index (χ2v) is 9.07. The van der Waals surface area contributed by atoms with Crippen LogP contribution in [-0.2, 0) is 4.74 Å². The highest BCUT2D eigenvalue weighted by atomic mass is 32.1. The Hall–Kier alpha value is -2.75. The van der Waals surface area contributed by atoms with E-state index >= 15 is 0 Å². The maximum Gasteiger partial charge on any atom is 0.410 e. The number of piperidine rings is 1. The van der Waals surface area contributed by atoms with Crippen molar-refractivity contribution in [3.8, 4) is 0 Å². The number of nitrogen functional groups attached to an aromatic ring is 1. The SMILES string of the molecule is CC(C)(C)OC(=O)N1CCCC(Nc2nc(N)c(C(=O)c3c(F)cccc3F)s2)C1. The molecule has 1 aromatic heterocycles. The molecule has 1 aliphatic rings. The first-order chi connectivity index (χ1) is 14.0. The molecule has 1 amide bonds. The molecule has 0 bridgehead atoms. The highest BCUT2D eigenvalue weighted by molar-refractivity contribution is 7.18. The minimum atomic E-state index is -0.956. The number of likely N-dealkylation sites (tertiary alicyclic amines) is 1. The fraction of sp³-hybridized carbons (Fsp3) is 0.450. The van der Waals surface area contributed by atoms with Crippen molar-refractivity contribution >= 4 is 34.2 Å². The molecule has 10 heteroatoms. The van der Waals surface area contributed by atoms with Gasteiger partial charge in [-0.1, -0.05) is 17.4 Å². The van der Waals surface area contributed by atoms with E-state index in [9.17, 15) is 18.4 Å². The van der Waals surface area contributed by atoms with E-state index in [1.165, 1.54) is 6.07 Å². The summed E-state index contributed by atoms with van der Waals surface area (Å²) in [5.74, 6) is -2.87. The van der Waals surface area contributed by atoms with Crippen molar-refractivity contribution < 1.29 is 23.1 Å². The van der Waals surface area contributed by atoms with Gasteiger partial charge in [0, 0.05) is 19.1 Å². The van der Waals surface area contributed by atoms with Crippen molar-refractivity contribution in [3.63, 3.8) is 0 Å². The lowest BCUT2D eigenvalue weighted by molar-refractivity contribution is 0.0206. The van der Waals surface area contributed by atoms with E-state index in [1.54, 1.807) is 25.7 Å². The highest BCUT2D eigenvalue weighted by Gasteiger charge is 2.29. The van der Waals surface area contributed by atoms with Gasteiger partial charge in [0.25, 0.3) is 0 Å². The fourth-order valence-electron chi connectivity index (χ4n) is 3.15. The normalized spacial score (nSPS) is 17.0. The maximum absolute atomic E-state index is 14.0. The van der Waals surface area contributed by atoms with Crippen LogP contribution in [0.3, 0.4) is 0 Å². The van der Waals surface area contributed by atoms with E-state index < -0.39 is 34.7 Å². The molecule has 0 saturated carbocycles. The summed E-state index contributed by atoms with van der Waals surface area (Å²) < 4.78 is 33.3. The molecule has 0 radical (unpaired) electrons. The third kappa shape index (κ3) is 5.05. The van der Waals surface area contributed by atoms with Crippen LogP contribution in [0, 0.1) is 11.6 Å². The largest absolute Gasteiger partial charge is 0.444 e. The van der Waals surface area contributed by atoms with E-state index in [-0.39, 0.29) is 16.7 Å². The molecule has 30 heavy (non-hydrogen) atoms. The number of nitrogens with two attached hydrogens (primary N) is 1. The number of benzene rings is 1. The number of nitrogens with zero attached hydrogens (tertiary/aromatic N) is 2. The summed E-state index contributed by atoms with van der Waals surface area (Å²) in [4.78, 5) is 30.6. The van der Waals surface area contributed by atoms with Gasteiger partial charge in [-0.3, -0.25) is 4.79 Å². The van der Waals surface area contributed by atoms with Crippen molar-refractivity contribution in [3.05, 3.63) is 40.3 Å². The Morgan fingerprint density at radius 2 is 1.97 bits per heavy atom. The molecule has 0 spiro atoms. The standard InChI is InChI=1S/C20H24F2N4O3S/c1-20(2,3)29-19(28)26-9-5-6-11(10-26)24-18-25-17(23)16(30-18)15(27)14-12(21)7-4-8-13(14)22/h4,7-8,11H,5-6,9-10,23H2,1-3H3,(H,24,25). The van der Waals surface area contributed by atoms with Gasteiger partial charge in [-0.15, -0.1) is 0 Å². The van der Waals surface area contributed by atoms with Gasteiger partial charge in [0.05, 0.1) is 5.56 Å². The number of carbonyl (C=O) groups excluding carboxylic acids is 2. The number of ether oxygens (including phenoxy) is 1. The zero-order valence-electron chi connectivity index (χ0n) is 17.0. The third-order valence-corrected chi connectivity index (χ3v) is 5.45. The Kier molecular flexibility index (Phi) is 6.25. The summed E-state index contributed by atoms with van der Waals surface area (Å²) in [5.41, 5.74) is 4.59. The molecule has 0 aliphatic carbocycles. The Morgan fingerprint density at radius 1 is 1.30 bits per heavy atom. The summed E-state index contributed by atoms with van der Waals surface area (Å²) in [6, 6.07) is 3.09. The summed E-state index contributed by atoms with van der Waals surface area (Å²) in [7, 11) is 0. The maximum atomic E-state index is 14.0. The number of anilines is 2. The number of amides is 1. The molecule has 3 N–H and O–H groups in total. The molecule has 162 valence electrons. The topological polar surface area (TPSA) is 97.6 Å². The first kappa shape index (κ1) is 21.9. The van der Waals surface area contributed by atoms with Crippen LogP contribution >= 0.6 is 11.3 Å². The lowest BCUT2D eigenvalue weighted by Gasteiger charge is -2.34. The number of ketones is 1. The van der Waals surface area contributed by atoms with Gasteiger partial charge in [-0.25, -0.2) is 18.6 Å². The first-order valence-corrected chi connectivity index (χ1v) is 10.4. The number of rotatable bonds is 4. The average Bonchev–Trinajstić information content (AvgIpc) is 3.00. The second kappa shape index (κ2) is 8.55. The predicted molar refractivity (Wildman–Crippen MR) is 111 cm³/mol. The van der Waals surface area contributed by atoms with Gasteiger partial charge in [0.1, 0.15) is 27.9 Å². The minimum Gasteiger partial charge on any atom is -0.444 e. The quantitative estimate of drug-likeness (QED) is 0.699. The number of nitrogens with one attached hydrogen (secondary N) is 1. The Labute approximate surface area is 177 Å². The number of aromatic nitrogens is 1. The Morgan fingerprint density at radius 3 is 2.60 bits per heavy atom. The summed E-state index contributed by atoms with van der Waals surface area (Å²) in [6.07, 6.45) is 1.16. The fourth-order valence-corrected chi connectivity index (χ4v) is 4.05. The second-order valence-electron chi connectivity index (χ2n) is 8.07. The van der Waals surface area contributed by atoms with Gasteiger partial charge in [0.15, 0.2) is 5.13 Å². The van der Waals surface area contributed by atoms with Gasteiger partial charge in [-0.05, 0) is 45.7 Å². The average molecular weight is 439 g/mol. The number of halogens is 2. The van der Waals surface area contributed by atoms with Crippen LogP contribution in [0.4, 0.5) is 24.5 Å². The molecule has 1 fully saturated rings. The molecular weight excluding hydrogens is 414 g/mol. The summed E-state index contributed by atoms with van der Waals surface area (Å²) in [6.45, 7) is 6.41. The lowest BCUT2D eigenvalue weighted by atomic mass is 10.1. The van der Waals surface area contributed by atoms with Crippen LogP contribution in [0.5, 0.6) is 0 Å². The predicted octanol–water partition coefficient (Wildman–Crippen LogP) is 4.05. The van der Waals surface area contributed by atoms with Crippen LogP contribution in [0.1, 0.15) is 48.8 Å². The first-order valence-electron chi connectivity index (χ1n) is 9.54. The van der Waals surface area contributed by atoms with Crippen molar-refractivity contribution in [2.45, 2.75) is 45.3 Å². The van der Waals surface area contributed by atoms with Crippen LogP contribution in [-0.4, -0.2) is 46.5 Å². The van der Waals surface area contributed by atoms with E-state index in [2.05, 4.69) is 10.3 Å². The highest BCUT2D eigenvalue weighted by Crippen LogP contribution is 2.30. The zero-order chi connectivity index (χ0) is 22.1. The number of hydrogen-bond donors (Lipinski definition) is 2. The zero-order valence-corrected chi connectivity index (χ0v) is 17.8. The third-order valence-electron chi connectivity index (χ3n) is 4.45. The van der Waals surface area contributed by atoms with Crippen molar-refractivity contribution in [2.75, 3.05) is 24.1 Å². The molecular formula is C20H24F2N4O3S. The molecule has 2 heterocycles. The summed E-state index contributed by atoms with van der Waals surface area (Å²) in [5, 5.41) is 3.51. The minimum absolute atomic E-state index is 0.0405. The monoisotopic (exact) mass is 438 g/mol. The molecule has 7 nitrogen and oxygen atoms in total. The van der Waals surface area contributed by atoms with E-state index in [0.29, 0.717) is 18.2 Å². The molecule has 3 rings (SSSR count). The van der Waals surface area contributed by atoms with Crippen molar-refractivity contribution in [2.24, 2.45) is 0 Å². The number of carbonyl (C=O) groups is 2. The van der Waals surface area contributed by atoms with Crippen LogP contribution < -0.4 is 11.1 Å². The van der Waals surface area contributed by atoms with Crippen LogP contribution in [0.2, 0.25) is 0 Å². The smallest absolute Gasteiger partial charge is 0.410 e.